The summed E-state index contributed by atoms with van der Waals surface area (Å²) in [6, 6.07) is 3.84. The molecule has 0 N–H and O–H groups in total. The van der Waals surface area contributed by atoms with Gasteiger partial charge in [-0.3, -0.25) is 9.78 Å². The van der Waals surface area contributed by atoms with Crippen molar-refractivity contribution in [3.8, 4) is 0 Å². The van der Waals surface area contributed by atoms with Gasteiger partial charge >= 0.3 is 0 Å². The molecule has 2 aromatic rings. The van der Waals surface area contributed by atoms with Crippen molar-refractivity contribution in [2.24, 2.45) is 0 Å². The summed E-state index contributed by atoms with van der Waals surface area (Å²) in [5.74, 6) is 0.611. The Labute approximate surface area is 123 Å². The zero-order chi connectivity index (χ0) is 15.0. The highest BCUT2D eigenvalue weighted by Crippen LogP contribution is 2.30. The van der Waals surface area contributed by atoms with Crippen LogP contribution in [0.3, 0.4) is 0 Å². The van der Waals surface area contributed by atoms with E-state index in [1.54, 1.807) is 18.6 Å². The molecule has 1 aliphatic heterocycles. The molecule has 0 aromatic carbocycles. The van der Waals surface area contributed by atoms with Crippen LogP contribution in [0.2, 0.25) is 0 Å². The molecule has 1 amide bonds. The maximum atomic E-state index is 12.5. The van der Waals surface area contributed by atoms with Crippen molar-refractivity contribution in [2.75, 3.05) is 19.0 Å². The van der Waals surface area contributed by atoms with E-state index in [9.17, 15) is 4.79 Å². The lowest BCUT2D eigenvalue weighted by atomic mass is 10.1. The summed E-state index contributed by atoms with van der Waals surface area (Å²) < 4.78 is 0. The number of carbonyl (C=O) groups excluding carboxylic acids is 1. The number of anilines is 1. The Bertz CT molecular complexity index is 671. The van der Waals surface area contributed by atoms with Crippen molar-refractivity contribution in [1.82, 2.24) is 19.9 Å². The number of hydrogen-bond acceptors (Lipinski definition) is 5. The summed E-state index contributed by atoms with van der Waals surface area (Å²) in [6.45, 7) is 2.53. The minimum absolute atomic E-state index is 0.0142. The van der Waals surface area contributed by atoms with E-state index < -0.39 is 0 Å². The zero-order valence-corrected chi connectivity index (χ0v) is 12.3. The van der Waals surface area contributed by atoms with Crippen LogP contribution in [0.25, 0.3) is 0 Å². The molecule has 0 radical (unpaired) electrons. The second kappa shape index (κ2) is 5.12. The fourth-order valence-electron chi connectivity index (χ4n) is 2.44. The Morgan fingerprint density at radius 1 is 1.29 bits per heavy atom. The molecule has 2 aromatic heterocycles. The lowest BCUT2D eigenvalue weighted by Crippen LogP contribution is -2.27. The van der Waals surface area contributed by atoms with Crippen LogP contribution in [0, 0.1) is 0 Å². The topological polar surface area (TPSA) is 62.2 Å². The van der Waals surface area contributed by atoms with E-state index >= 15 is 0 Å². The Balaban J connectivity index is 1.90. The lowest BCUT2D eigenvalue weighted by molar-refractivity contribution is 0.0715. The average molecular weight is 283 g/mol. The van der Waals surface area contributed by atoms with E-state index in [4.69, 9.17) is 0 Å². The fraction of sp³-hybridized carbons (Fsp3) is 0.333. The summed E-state index contributed by atoms with van der Waals surface area (Å²) >= 11 is 0. The van der Waals surface area contributed by atoms with E-state index in [0.29, 0.717) is 18.1 Å². The summed E-state index contributed by atoms with van der Waals surface area (Å²) in [7, 11) is 3.77. The van der Waals surface area contributed by atoms with Crippen molar-refractivity contribution >= 4 is 11.9 Å². The minimum atomic E-state index is -0.0162. The lowest BCUT2D eigenvalue weighted by Gasteiger charge is -2.24. The van der Waals surface area contributed by atoms with Crippen molar-refractivity contribution in [3.63, 3.8) is 0 Å². The number of carbonyl (C=O) groups is 1. The van der Waals surface area contributed by atoms with Crippen LogP contribution in [0.15, 0.2) is 30.7 Å². The molecule has 0 saturated carbocycles. The van der Waals surface area contributed by atoms with E-state index in [1.165, 1.54) is 0 Å². The summed E-state index contributed by atoms with van der Waals surface area (Å²) in [6.07, 6.45) is 5.10. The largest absolute Gasteiger partial charge is 0.347 e. The minimum Gasteiger partial charge on any atom is -0.347 e. The summed E-state index contributed by atoms with van der Waals surface area (Å²) in [4.78, 5) is 28.9. The van der Waals surface area contributed by atoms with Crippen LogP contribution >= 0.6 is 0 Å². The summed E-state index contributed by atoms with van der Waals surface area (Å²) in [5.41, 5.74) is 2.45. The highest BCUT2D eigenvalue weighted by atomic mass is 16.2. The highest BCUT2D eigenvalue weighted by Gasteiger charge is 2.33. The van der Waals surface area contributed by atoms with Gasteiger partial charge in [-0.25, -0.2) is 9.97 Å². The Hall–Kier alpha value is -2.50. The molecule has 0 spiro atoms. The predicted octanol–water partition coefficient (Wildman–Crippen LogP) is 1.65. The first-order valence-electron chi connectivity index (χ1n) is 6.82. The zero-order valence-electron chi connectivity index (χ0n) is 12.3. The van der Waals surface area contributed by atoms with Gasteiger partial charge in [0.2, 0.25) is 5.95 Å². The molecule has 0 bridgehead atoms. The number of fused-ring (bicyclic) bond motifs is 1. The number of pyridine rings is 1. The fourth-order valence-corrected chi connectivity index (χ4v) is 2.44. The van der Waals surface area contributed by atoms with E-state index in [1.807, 2.05) is 43.0 Å². The number of rotatable bonds is 3. The maximum Gasteiger partial charge on any atom is 0.258 e. The summed E-state index contributed by atoms with van der Waals surface area (Å²) in [5, 5.41) is 0. The van der Waals surface area contributed by atoms with Gasteiger partial charge in [0, 0.05) is 32.7 Å². The first-order valence-corrected chi connectivity index (χ1v) is 6.82. The van der Waals surface area contributed by atoms with Gasteiger partial charge in [-0.15, -0.1) is 0 Å². The van der Waals surface area contributed by atoms with E-state index in [-0.39, 0.29) is 11.9 Å². The van der Waals surface area contributed by atoms with Crippen molar-refractivity contribution in [1.29, 1.82) is 0 Å². The third-order valence-electron chi connectivity index (χ3n) is 3.72. The van der Waals surface area contributed by atoms with Crippen molar-refractivity contribution < 1.29 is 4.79 Å². The number of hydrogen-bond donors (Lipinski definition) is 0. The van der Waals surface area contributed by atoms with Crippen LogP contribution < -0.4 is 4.90 Å². The molecule has 1 unspecified atom stereocenters. The van der Waals surface area contributed by atoms with Gasteiger partial charge in [0.1, 0.15) is 0 Å². The van der Waals surface area contributed by atoms with Crippen LogP contribution in [0.1, 0.15) is 34.6 Å². The molecular weight excluding hydrogens is 266 g/mol. The molecule has 0 aliphatic carbocycles. The van der Waals surface area contributed by atoms with Gasteiger partial charge in [0.05, 0.1) is 23.8 Å². The quantitative estimate of drug-likeness (QED) is 0.857. The van der Waals surface area contributed by atoms with Gasteiger partial charge in [0.25, 0.3) is 5.91 Å². The van der Waals surface area contributed by atoms with Gasteiger partial charge in [-0.2, -0.15) is 0 Å². The van der Waals surface area contributed by atoms with Gasteiger partial charge in [-0.05, 0) is 24.6 Å². The predicted molar refractivity (Wildman–Crippen MR) is 78.9 cm³/mol. The molecule has 3 rings (SSSR count). The molecule has 6 heteroatoms. The third kappa shape index (κ3) is 2.33. The molecule has 3 heterocycles. The molecular formula is C15H17N5O. The molecule has 21 heavy (non-hydrogen) atoms. The normalized spacial score (nSPS) is 15.0. The smallest absolute Gasteiger partial charge is 0.258 e. The first kappa shape index (κ1) is 13.5. The van der Waals surface area contributed by atoms with Gasteiger partial charge < -0.3 is 9.80 Å². The third-order valence-corrected chi connectivity index (χ3v) is 3.72. The molecule has 108 valence electrons. The van der Waals surface area contributed by atoms with Crippen LogP contribution in [0.5, 0.6) is 0 Å². The van der Waals surface area contributed by atoms with Gasteiger partial charge in [-0.1, -0.05) is 0 Å². The monoisotopic (exact) mass is 283 g/mol. The number of aromatic nitrogens is 3. The highest BCUT2D eigenvalue weighted by molar-refractivity contribution is 5.97. The van der Waals surface area contributed by atoms with E-state index in [2.05, 4.69) is 15.0 Å². The second-order valence-electron chi connectivity index (χ2n) is 5.31. The molecule has 6 nitrogen and oxygen atoms in total. The van der Waals surface area contributed by atoms with Crippen molar-refractivity contribution in [3.05, 3.63) is 47.5 Å². The Morgan fingerprint density at radius 2 is 2.00 bits per heavy atom. The average Bonchev–Trinajstić information content (AvgIpc) is 2.84. The Kier molecular flexibility index (Phi) is 3.29. The van der Waals surface area contributed by atoms with Crippen molar-refractivity contribution in [2.45, 2.75) is 19.5 Å². The molecule has 1 aliphatic rings. The maximum absolute atomic E-state index is 12.5. The number of amides is 1. The first-order chi connectivity index (χ1) is 10.1. The SMILES string of the molecule is CC(c1ccncc1)N1Cc2nc(N(C)C)ncc2C1=O. The Morgan fingerprint density at radius 3 is 2.67 bits per heavy atom. The van der Waals surface area contributed by atoms with Gasteiger partial charge in [0.15, 0.2) is 0 Å². The molecule has 0 saturated heterocycles. The van der Waals surface area contributed by atoms with Crippen LogP contribution in [-0.4, -0.2) is 39.9 Å². The second-order valence-corrected chi connectivity index (χ2v) is 5.31. The molecule has 1 atom stereocenters. The number of nitrogens with zero attached hydrogens (tertiary/aromatic N) is 5. The standard InChI is InChI=1S/C15H17N5O/c1-10(11-4-6-16-7-5-11)20-9-13-12(14(20)21)8-17-15(18-13)19(2)3/h4-8,10H,9H2,1-3H3. The molecule has 0 fully saturated rings. The van der Waals surface area contributed by atoms with Crippen LogP contribution in [-0.2, 0) is 6.54 Å². The van der Waals surface area contributed by atoms with E-state index in [0.717, 1.165) is 11.3 Å². The van der Waals surface area contributed by atoms with Crippen LogP contribution in [0.4, 0.5) is 5.95 Å².